The van der Waals surface area contributed by atoms with Crippen molar-refractivity contribution in [1.29, 1.82) is 0 Å². The zero-order valence-corrected chi connectivity index (χ0v) is 7.92. The fourth-order valence-corrected chi connectivity index (χ4v) is 0.749. The van der Waals surface area contributed by atoms with Crippen LogP contribution in [0.3, 0.4) is 0 Å². The maximum atomic E-state index is 11.1. The highest BCUT2D eigenvalue weighted by Gasteiger charge is 2.22. The Morgan fingerprint density at radius 2 is 1.92 bits per heavy atom. The number of carbonyl (C=O) groups excluding carboxylic acids is 3. The van der Waals surface area contributed by atoms with Crippen molar-refractivity contribution in [1.82, 2.24) is 5.32 Å². The van der Waals surface area contributed by atoms with Crippen LogP contribution in [0, 0.1) is 0 Å². The van der Waals surface area contributed by atoms with Gasteiger partial charge < -0.3 is 10.1 Å². The van der Waals surface area contributed by atoms with Crippen LogP contribution in [-0.2, 0) is 19.1 Å². The van der Waals surface area contributed by atoms with Gasteiger partial charge in [0.2, 0.25) is 5.91 Å². The third kappa shape index (κ3) is 4.25. The van der Waals surface area contributed by atoms with Crippen molar-refractivity contribution < 1.29 is 19.1 Å². The van der Waals surface area contributed by atoms with E-state index >= 15 is 0 Å². The summed E-state index contributed by atoms with van der Waals surface area (Å²) >= 11 is 0. The van der Waals surface area contributed by atoms with Gasteiger partial charge in [0.25, 0.3) is 5.78 Å². The van der Waals surface area contributed by atoms with Gasteiger partial charge in [-0.15, -0.1) is 0 Å². The van der Waals surface area contributed by atoms with Gasteiger partial charge in [-0.05, 0) is 13.8 Å². The minimum absolute atomic E-state index is 0.150. The number of hydrogen-bond acceptors (Lipinski definition) is 4. The Morgan fingerprint density at radius 3 is 2.31 bits per heavy atom. The highest BCUT2D eigenvalue weighted by atomic mass is 16.5. The number of esters is 1. The summed E-state index contributed by atoms with van der Waals surface area (Å²) in [5.41, 5.74) is 0. The molecule has 0 aliphatic rings. The van der Waals surface area contributed by atoms with Gasteiger partial charge >= 0.3 is 5.97 Å². The number of Topliss-reactive ketones (excluding diaryl/α,β-unsaturated/α-hetero) is 1. The van der Waals surface area contributed by atoms with Crippen molar-refractivity contribution in [3.63, 3.8) is 0 Å². The van der Waals surface area contributed by atoms with Gasteiger partial charge in [0.15, 0.2) is 0 Å². The molecule has 0 saturated carbocycles. The highest BCUT2D eigenvalue weighted by molar-refractivity contribution is 6.35. The van der Waals surface area contributed by atoms with Crippen molar-refractivity contribution in [3.8, 4) is 0 Å². The molecule has 0 radical (unpaired) electrons. The second-order valence-corrected chi connectivity index (χ2v) is 2.51. The van der Waals surface area contributed by atoms with Crippen LogP contribution in [0.25, 0.3) is 0 Å². The predicted molar refractivity (Wildman–Crippen MR) is 44.9 cm³/mol. The molecule has 5 nitrogen and oxygen atoms in total. The number of ether oxygens (including phenoxy) is 1. The number of rotatable bonds is 4. The SMILES string of the molecule is CCOC(=O)C(=O)[C@H](C)NC(C)=O. The standard InChI is InChI=1S/C8H13NO4/c1-4-13-8(12)7(11)5(2)9-6(3)10/h5H,4H2,1-3H3,(H,9,10)/t5-/m0/s1. The molecule has 1 amide bonds. The van der Waals surface area contributed by atoms with E-state index in [9.17, 15) is 14.4 Å². The molecule has 0 saturated heterocycles. The van der Waals surface area contributed by atoms with Crippen LogP contribution in [0.5, 0.6) is 0 Å². The molecule has 0 heterocycles. The normalized spacial score (nSPS) is 11.6. The first kappa shape index (κ1) is 11.6. The molecule has 0 fully saturated rings. The maximum Gasteiger partial charge on any atom is 0.376 e. The zero-order chi connectivity index (χ0) is 10.4. The first-order valence-corrected chi connectivity index (χ1v) is 3.97. The van der Waals surface area contributed by atoms with Crippen molar-refractivity contribution in [2.45, 2.75) is 26.8 Å². The summed E-state index contributed by atoms with van der Waals surface area (Å²) in [4.78, 5) is 32.4. The smallest absolute Gasteiger partial charge is 0.376 e. The van der Waals surface area contributed by atoms with Gasteiger partial charge in [0.1, 0.15) is 0 Å². The molecule has 0 aromatic rings. The van der Waals surface area contributed by atoms with Crippen LogP contribution >= 0.6 is 0 Å². The molecule has 1 N–H and O–H groups in total. The Bertz CT molecular complexity index is 224. The van der Waals surface area contributed by atoms with E-state index < -0.39 is 17.8 Å². The molecule has 0 aliphatic carbocycles. The fraction of sp³-hybridized carbons (Fsp3) is 0.625. The summed E-state index contributed by atoms with van der Waals surface area (Å²) in [6, 6.07) is -0.823. The molecule has 0 rings (SSSR count). The average molecular weight is 187 g/mol. The van der Waals surface area contributed by atoms with E-state index in [1.165, 1.54) is 13.8 Å². The number of nitrogens with one attached hydrogen (secondary N) is 1. The lowest BCUT2D eigenvalue weighted by atomic mass is 10.2. The van der Waals surface area contributed by atoms with Crippen molar-refractivity contribution in [3.05, 3.63) is 0 Å². The second-order valence-electron chi connectivity index (χ2n) is 2.51. The van der Waals surface area contributed by atoms with E-state index in [4.69, 9.17) is 0 Å². The summed E-state index contributed by atoms with van der Waals surface area (Å²) in [5, 5.41) is 2.29. The molecule has 1 atom stereocenters. The zero-order valence-electron chi connectivity index (χ0n) is 7.92. The molecule has 0 spiro atoms. The predicted octanol–water partition coefficient (Wildman–Crippen LogP) is -0.357. The molecule has 0 unspecified atom stereocenters. The summed E-state index contributed by atoms with van der Waals surface area (Å²) in [6.07, 6.45) is 0. The summed E-state index contributed by atoms with van der Waals surface area (Å²) in [5.74, 6) is -2.01. The lowest BCUT2D eigenvalue weighted by Gasteiger charge is -2.09. The first-order chi connectivity index (χ1) is 5.99. The minimum Gasteiger partial charge on any atom is -0.460 e. The van der Waals surface area contributed by atoms with E-state index in [2.05, 4.69) is 10.1 Å². The van der Waals surface area contributed by atoms with Gasteiger partial charge in [-0.2, -0.15) is 0 Å². The lowest BCUT2D eigenvalue weighted by molar-refractivity contribution is -0.154. The van der Waals surface area contributed by atoms with Crippen LogP contribution in [0.2, 0.25) is 0 Å². The highest BCUT2D eigenvalue weighted by Crippen LogP contribution is 1.89. The first-order valence-electron chi connectivity index (χ1n) is 3.97. The summed E-state index contributed by atoms with van der Waals surface area (Å²) in [7, 11) is 0. The van der Waals surface area contributed by atoms with Gasteiger partial charge in [-0.25, -0.2) is 4.79 Å². The minimum atomic E-state index is -0.913. The van der Waals surface area contributed by atoms with Crippen LogP contribution in [0.4, 0.5) is 0 Å². The average Bonchev–Trinajstić information content (AvgIpc) is 2.02. The molecule has 74 valence electrons. The molecule has 0 bridgehead atoms. The lowest BCUT2D eigenvalue weighted by Crippen LogP contribution is -2.41. The Morgan fingerprint density at radius 1 is 1.38 bits per heavy atom. The van der Waals surface area contributed by atoms with Crippen LogP contribution < -0.4 is 5.32 Å². The van der Waals surface area contributed by atoms with Gasteiger partial charge in [-0.3, -0.25) is 9.59 Å². The summed E-state index contributed by atoms with van der Waals surface area (Å²) < 4.78 is 4.47. The van der Waals surface area contributed by atoms with Gasteiger partial charge in [-0.1, -0.05) is 0 Å². The molecular weight excluding hydrogens is 174 g/mol. The van der Waals surface area contributed by atoms with Crippen molar-refractivity contribution >= 4 is 17.7 Å². The fourth-order valence-electron chi connectivity index (χ4n) is 0.749. The van der Waals surface area contributed by atoms with E-state index in [1.54, 1.807) is 6.92 Å². The molecule has 0 aromatic carbocycles. The third-order valence-corrected chi connectivity index (χ3v) is 1.29. The van der Waals surface area contributed by atoms with E-state index in [-0.39, 0.29) is 12.5 Å². The maximum absolute atomic E-state index is 11.1. The quantitative estimate of drug-likeness (QED) is 0.482. The van der Waals surface area contributed by atoms with Gasteiger partial charge in [0, 0.05) is 6.92 Å². The van der Waals surface area contributed by atoms with Crippen molar-refractivity contribution in [2.75, 3.05) is 6.61 Å². The third-order valence-electron chi connectivity index (χ3n) is 1.29. The summed E-state index contributed by atoms with van der Waals surface area (Å²) in [6.45, 7) is 4.46. The number of ketones is 1. The number of amides is 1. The Kier molecular flexibility index (Phi) is 4.72. The van der Waals surface area contributed by atoms with Gasteiger partial charge in [0.05, 0.1) is 12.6 Å². The van der Waals surface area contributed by atoms with E-state index in [0.717, 1.165) is 0 Å². The Balaban J connectivity index is 4.09. The Hall–Kier alpha value is -1.39. The second kappa shape index (κ2) is 5.29. The van der Waals surface area contributed by atoms with Crippen LogP contribution in [0.1, 0.15) is 20.8 Å². The molecule has 13 heavy (non-hydrogen) atoms. The van der Waals surface area contributed by atoms with Crippen LogP contribution in [-0.4, -0.2) is 30.3 Å². The number of hydrogen-bond donors (Lipinski definition) is 1. The van der Waals surface area contributed by atoms with E-state index in [1.807, 2.05) is 0 Å². The van der Waals surface area contributed by atoms with Crippen molar-refractivity contribution in [2.24, 2.45) is 0 Å². The number of carbonyl (C=O) groups is 3. The molecular formula is C8H13NO4. The molecule has 5 heteroatoms. The molecule has 0 aromatic heterocycles. The van der Waals surface area contributed by atoms with E-state index in [0.29, 0.717) is 0 Å². The topological polar surface area (TPSA) is 72.5 Å². The molecule has 0 aliphatic heterocycles. The van der Waals surface area contributed by atoms with Crippen LogP contribution in [0.15, 0.2) is 0 Å². The monoisotopic (exact) mass is 187 g/mol. The Labute approximate surface area is 76.4 Å². The largest absolute Gasteiger partial charge is 0.460 e.